The minimum absolute atomic E-state index is 0.0250. The predicted molar refractivity (Wildman–Crippen MR) is 132 cm³/mol. The monoisotopic (exact) mass is 484 g/mol. The Balaban J connectivity index is 1.40. The molecule has 0 unspecified atom stereocenters. The number of benzene rings is 1. The molecule has 5 rings (SSSR count). The smallest absolute Gasteiger partial charge is 0.262 e. The maximum absolute atomic E-state index is 12.8. The van der Waals surface area contributed by atoms with Crippen molar-refractivity contribution >= 4 is 23.3 Å². The number of nitrogens with one attached hydrogen (secondary N) is 1. The van der Waals surface area contributed by atoms with Gasteiger partial charge in [0.15, 0.2) is 11.5 Å². The second-order valence-electron chi connectivity index (χ2n) is 8.70. The first-order valence-electron chi connectivity index (χ1n) is 11.5. The Bertz CT molecular complexity index is 1450. The Morgan fingerprint density at radius 3 is 2.77 bits per heavy atom. The lowest BCUT2D eigenvalue weighted by molar-refractivity contribution is -0.117. The minimum Gasteiger partial charge on any atom is -0.454 e. The molecule has 2 aromatic heterocycles. The molecule has 0 bridgehead atoms. The molecule has 176 valence electrons. The lowest BCUT2D eigenvalue weighted by atomic mass is 9.96. The zero-order chi connectivity index (χ0) is 24.5. The van der Waals surface area contributed by atoms with Crippen molar-refractivity contribution in [2.24, 2.45) is 0 Å². The standard InChI is InChI=1S/C27H24N4O3S/c1-16-9-19(17(2)31(16)27-22(13-29)21-5-3-4-6-25(21)35-27)11-20(12-28)26(32)30-14-18-7-8-23-24(10-18)34-15-33-23/h7-11H,3-6,14-15H2,1-2H3,(H,30,32)/b20-11+. The number of aryl methyl sites for hydroxylation is 2. The van der Waals surface area contributed by atoms with E-state index in [0.29, 0.717) is 11.5 Å². The number of fused-ring (bicyclic) bond motifs is 2. The second kappa shape index (κ2) is 9.32. The first-order valence-corrected chi connectivity index (χ1v) is 12.3. The number of amides is 1. The number of carbonyl (C=O) groups is 1. The van der Waals surface area contributed by atoms with E-state index in [9.17, 15) is 15.3 Å². The molecule has 35 heavy (non-hydrogen) atoms. The molecule has 0 atom stereocenters. The number of nitrogens with zero attached hydrogens (tertiary/aromatic N) is 3. The minimum atomic E-state index is -0.445. The zero-order valence-electron chi connectivity index (χ0n) is 19.6. The highest BCUT2D eigenvalue weighted by Crippen LogP contribution is 2.38. The fourth-order valence-corrected chi connectivity index (χ4v) is 6.15. The van der Waals surface area contributed by atoms with Crippen LogP contribution in [0.5, 0.6) is 11.5 Å². The summed E-state index contributed by atoms with van der Waals surface area (Å²) < 4.78 is 12.8. The van der Waals surface area contributed by atoms with Crippen molar-refractivity contribution in [3.8, 4) is 28.6 Å². The molecule has 1 N–H and O–H groups in total. The summed E-state index contributed by atoms with van der Waals surface area (Å²) in [5, 5.41) is 23.3. The third kappa shape index (κ3) is 4.18. The van der Waals surface area contributed by atoms with Gasteiger partial charge in [-0.2, -0.15) is 10.5 Å². The van der Waals surface area contributed by atoms with Crippen LogP contribution in [0, 0.1) is 36.5 Å². The Hall–Kier alpha value is -4.01. The summed E-state index contributed by atoms with van der Waals surface area (Å²) in [7, 11) is 0. The molecule has 7 nitrogen and oxygen atoms in total. The van der Waals surface area contributed by atoms with E-state index in [4.69, 9.17) is 9.47 Å². The van der Waals surface area contributed by atoms with Crippen molar-refractivity contribution in [3.05, 3.63) is 68.4 Å². The molecule has 0 radical (unpaired) electrons. The van der Waals surface area contributed by atoms with Crippen molar-refractivity contribution in [3.63, 3.8) is 0 Å². The van der Waals surface area contributed by atoms with Gasteiger partial charge in [0.25, 0.3) is 5.91 Å². The molecule has 3 heterocycles. The molecule has 0 spiro atoms. The van der Waals surface area contributed by atoms with E-state index < -0.39 is 5.91 Å². The van der Waals surface area contributed by atoms with Crippen molar-refractivity contribution in [2.45, 2.75) is 46.1 Å². The third-order valence-corrected chi connectivity index (χ3v) is 7.77. The van der Waals surface area contributed by atoms with Gasteiger partial charge >= 0.3 is 0 Å². The fourth-order valence-electron chi connectivity index (χ4n) is 4.70. The van der Waals surface area contributed by atoms with Gasteiger partial charge in [0, 0.05) is 22.8 Å². The van der Waals surface area contributed by atoms with Crippen LogP contribution >= 0.6 is 11.3 Å². The van der Waals surface area contributed by atoms with Crippen LogP contribution in [0.3, 0.4) is 0 Å². The van der Waals surface area contributed by atoms with Crippen LogP contribution in [0.4, 0.5) is 0 Å². The van der Waals surface area contributed by atoms with E-state index in [0.717, 1.165) is 58.8 Å². The first kappa shape index (κ1) is 22.8. The maximum Gasteiger partial charge on any atom is 0.262 e. The van der Waals surface area contributed by atoms with Crippen LogP contribution in [0.15, 0.2) is 29.8 Å². The lowest BCUT2D eigenvalue weighted by Crippen LogP contribution is -2.23. The molecule has 1 aromatic carbocycles. The molecule has 1 aliphatic heterocycles. The number of aromatic nitrogens is 1. The van der Waals surface area contributed by atoms with Gasteiger partial charge in [0.05, 0.1) is 5.56 Å². The molecule has 0 fully saturated rings. The first-order chi connectivity index (χ1) is 17.0. The van der Waals surface area contributed by atoms with E-state index in [1.807, 2.05) is 38.1 Å². The number of thiophene rings is 1. The Morgan fingerprint density at radius 1 is 1.17 bits per heavy atom. The van der Waals surface area contributed by atoms with Crippen LogP contribution in [-0.4, -0.2) is 17.3 Å². The number of nitriles is 2. The predicted octanol–water partition coefficient (Wildman–Crippen LogP) is 4.86. The molecule has 8 heteroatoms. The van der Waals surface area contributed by atoms with E-state index in [1.54, 1.807) is 23.5 Å². The molecule has 3 aromatic rings. The average Bonchev–Trinajstić information content (AvgIpc) is 3.55. The summed E-state index contributed by atoms with van der Waals surface area (Å²) in [6.07, 6.45) is 5.85. The third-order valence-electron chi connectivity index (χ3n) is 6.49. The van der Waals surface area contributed by atoms with E-state index in [1.165, 1.54) is 10.4 Å². The highest BCUT2D eigenvalue weighted by molar-refractivity contribution is 7.15. The van der Waals surface area contributed by atoms with Gasteiger partial charge < -0.3 is 19.4 Å². The average molecular weight is 485 g/mol. The Morgan fingerprint density at radius 2 is 1.97 bits per heavy atom. The zero-order valence-corrected chi connectivity index (χ0v) is 20.4. The molecule has 0 saturated heterocycles. The maximum atomic E-state index is 12.8. The van der Waals surface area contributed by atoms with E-state index >= 15 is 0 Å². The van der Waals surface area contributed by atoms with Crippen molar-refractivity contribution in [2.75, 3.05) is 6.79 Å². The molecule has 2 aliphatic rings. The molecular formula is C27H24N4O3S. The summed E-state index contributed by atoms with van der Waals surface area (Å²) in [5.74, 6) is 0.880. The van der Waals surface area contributed by atoms with Crippen molar-refractivity contribution in [1.82, 2.24) is 9.88 Å². The van der Waals surface area contributed by atoms with Gasteiger partial charge in [-0.05, 0) is 80.5 Å². The highest BCUT2D eigenvalue weighted by atomic mass is 32.1. The van der Waals surface area contributed by atoms with Gasteiger partial charge in [0.2, 0.25) is 6.79 Å². The van der Waals surface area contributed by atoms with E-state index in [-0.39, 0.29) is 18.9 Å². The van der Waals surface area contributed by atoms with Crippen molar-refractivity contribution < 1.29 is 14.3 Å². The summed E-state index contributed by atoms with van der Waals surface area (Å²) >= 11 is 1.68. The number of hydrogen-bond acceptors (Lipinski definition) is 6. The molecule has 0 saturated carbocycles. The number of ether oxygens (including phenoxy) is 2. The number of hydrogen-bond donors (Lipinski definition) is 1. The second-order valence-corrected chi connectivity index (χ2v) is 9.79. The van der Waals surface area contributed by atoms with Gasteiger partial charge in [0.1, 0.15) is 22.7 Å². The van der Waals surface area contributed by atoms with Gasteiger partial charge in [-0.1, -0.05) is 6.07 Å². The van der Waals surface area contributed by atoms with Gasteiger partial charge in [-0.3, -0.25) is 4.79 Å². The van der Waals surface area contributed by atoms with Crippen molar-refractivity contribution in [1.29, 1.82) is 10.5 Å². The topological polar surface area (TPSA) is 100 Å². The Labute approximate surface area is 207 Å². The summed E-state index contributed by atoms with van der Waals surface area (Å²) in [4.78, 5) is 14.1. The molecule has 1 aliphatic carbocycles. The highest BCUT2D eigenvalue weighted by Gasteiger charge is 2.24. The van der Waals surface area contributed by atoms with Crippen LogP contribution in [-0.2, 0) is 24.2 Å². The number of carbonyl (C=O) groups excluding carboxylic acids is 1. The van der Waals surface area contributed by atoms with Gasteiger partial charge in [-0.25, -0.2) is 0 Å². The van der Waals surface area contributed by atoms with Crippen LogP contribution < -0.4 is 14.8 Å². The summed E-state index contributed by atoms with van der Waals surface area (Å²) in [6, 6.07) is 11.9. The molecule has 1 amide bonds. The normalized spacial score (nSPS) is 14.2. The quantitative estimate of drug-likeness (QED) is 0.412. The molecular weight excluding hydrogens is 460 g/mol. The van der Waals surface area contributed by atoms with Gasteiger partial charge in [-0.15, -0.1) is 11.3 Å². The largest absolute Gasteiger partial charge is 0.454 e. The number of rotatable bonds is 5. The van der Waals surface area contributed by atoms with E-state index in [2.05, 4.69) is 16.0 Å². The lowest BCUT2D eigenvalue weighted by Gasteiger charge is -2.10. The van der Waals surface area contributed by atoms with Crippen LogP contribution in [0.2, 0.25) is 0 Å². The van der Waals surface area contributed by atoms with Crippen LogP contribution in [0.25, 0.3) is 11.1 Å². The fraction of sp³-hybridized carbons (Fsp3) is 0.296. The SMILES string of the molecule is Cc1cc(/C=C(\C#N)C(=O)NCc2ccc3c(c2)OCO3)c(C)n1-c1sc2c(c1C#N)CCCC2. The Kier molecular flexibility index (Phi) is 6.07. The summed E-state index contributed by atoms with van der Waals surface area (Å²) in [5.41, 5.74) is 5.46. The van der Waals surface area contributed by atoms with Crippen LogP contribution in [0.1, 0.15) is 51.4 Å². The summed E-state index contributed by atoms with van der Waals surface area (Å²) in [6.45, 7) is 4.39.